The Labute approximate surface area is 140 Å². The van der Waals surface area contributed by atoms with Crippen LogP contribution < -0.4 is 0 Å². The molecule has 4 nitrogen and oxygen atoms in total. The first kappa shape index (κ1) is 16.4. The monoisotopic (exact) mass is 312 g/mol. The largest absolute Gasteiger partial charge is 0.306 e. The lowest BCUT2D eigenvalue weighted by atomic mass is 9.86. The van der Waals surface area contributed by atoms with Gasteiger partial charge in [-0.1, -0.05) is 30.3 Å². The summed E-state index contributed by atoms with van der Waals surface area (Å²) in [6.07, 6.45) is 3.10. The van der Waals surface area contributed by atoms with Crippen molar-refractivity contribution in [1.29, 1.82) is 5.26 Å². The van der Waals surface area contributed by atoms with E-state index < -0.39 is 0 Å². The molecule has 2 aliphatic rings. The first-order chi connectivity index (χ1) is 11.2. The molecule has 0 atom stereocenters. The van der Waals surface area contributed by atoms with E-state index in [-0.39, 0.29) is 5.54 Å². The van der Waals surface area contributed by atoms with Crippen LogP contribution in [0.2, 0.25) is 0 Å². The Morgan fingerprint density at radius 2 is 1.65 bits per heavy atom. The van der Waals surface area contributed by atoms with Crippen molar-refractivity contribution in [1.82, 2.24) is 14.7 Å². The summed E-state index contributed by atoms with van der Waals surface area (Å²) < 4.78 is 0. The summed E-state index contributed by atoms with van der Waals surface area (Å²) in [5.41, 5.74) is 1.21. The topological polar surface area (TPSA) is 33.5 Å². The lowest BCUT2D eigenvalue weighted by molar-refractivity contribution is 0.0270. The molecular weight excluding hydrogens is 284 g/mol. The third-order valence-electron chi connectivity index (χ3n) is 5.56. The number of nitrogens with zero attached hydrogens (tertiary/aromatic N) is 4. The van der Waals surface area contributed by atoms with Crippen molar-refractivity contribution in [3.05, 3.63) is 35.9 Å². The highest BCUT2D eigenvalue weighted by atomic mass is 15.3. The molecule has 124 valence electrons. The quantitative estimate of drug-likeness (QED) is 0.849. The smallest absolute Gasteiger partial charge is 0.111 e. The Morgan fingerprint density at radius 3 is 2.26 bits per heavy atom. The first-order valence-corrected chi connectivity index (χ1v) is 8.83. The van der Waals surface area contributed by atoms with Crippen molar-refractivity contribution in [2.24, 2.45) is 0 Å². The molecule has 2 heterocycles. The van der Waals surface area contributed by atoms with Crippen molar-refractivity contribution in [3.63, 3.8) is 0 Å². The lowest BCUT2D eigenvalue weighted by Crippen LogP contribution is -2.59. The highest BCUT2D eigenvalue weighted by Gasteiger charge is 2.40. The molecule has 0 unspecified atom stereocenters. The second-order valence-electron chi connectivity index (χ2n) is 7.01. The standard InChI is InChI=1S/C19H28N4/c1-21-11-8-19(17-20,9-12-21)23-15-13-22(14-16-23)10-7-18-5-3-2-4-6-18/h2-6H,7-16H2,1H3. The Morgan fingerprint density at radius 1 is 1.00 bits per heavy atom. The van der Waals surface area contributed by atoms with Crippen molar-refractivity contribution in [2.45, 2.75) is 24.8 Å². The van der Waals surface area contributed by atoms with E-state index in [2.05, 4.69) is 58.1 Å². The number of benzene rings is 1. The number of hydrogen-bond donors (Lipinski definition) is 0. The maximum absolute atomic E-state index is 9.77. The average molecular weight is 312 g/mol. The molecule has 2 fully saturated rings. The molecule has 0 aliphatic carbocycles. The summed E-state index contributed by atoms with van der Waals surface area (Å²) in [5, 5.41) is 9.77. The third kappa shape index (κ3) is 3.92. The average Bonchev–Trinajstić information content (AvgIpc) is 2.62. The van der Waals surface area contributed by atoms with Gasteiger partial charge >= 0.3 is 0 Å². The number of piperidine rings is 1. The van der Waals surface area contributed by atoms with Crippen LogP contribution in [0.5, 0.6) is 0 Å². The predicted octanol–water partition coefficient (Wildman–Crippen LogP) is 1.83. The van der Waals surface area contributed by atoms with Crippen LogP contribution in [0.1, 0.15) is 18.4 Å². The summed E-state index contributed by atoms with van der Waals surface area (Å²) in [5.74, 6) is 0. The fourth-order valence-electron chi connectivity index (χ4n) is 3.82. The van der Waals surface area contributed by atoms with E-state index in [9.17, 15) is 5.26 Å². The molecule has 23 heavy (non-hydrogen) atoms. The highest BCUT2D eigenvalue weighted by molar-refractivity contribution is 5.15. The summed E-state index contributed by atoms with van der Waals surface area (Å²) in [4.78, 5) is 7.34. The molecule has 0 aromatic heterocycles. The second kappa shape index (κ2) is 7.44. The summed E-state index contributed by atoms with van der Waals surface area (Å²) in [6, 6.07) is 13.4. The predicted molar refractivity (Wildman–Crippen MR) is 93.2 cm³/mol. The Balaban J connectivity index is 1.49. The number of likely N-dealkylation sites (tertiary alicyclic amines) is 1. The fraction of sp³-hybridized carbons (Fsp3) is 0.632. The van der Waals surface area contributed by atoms with Crippen LogP contribution in [0.3, 0.4) is 0 Å². The van der Waals surface area contributed by atoms with Gasteiger partial charge in [0.15, 0.2) is 0 Å². The molecule has 0 radical (unpaired) electrons. The van der Waals surface area contributed by atoms with Crippen LogP contribution in [0.15, 0.2) is 30.3 Å². The normalized spacial score (nSPS) is 23.5. The SMILES string of the molecule is CN1CCC(C#N)(N2CCN(CCc3ccccc3)CC2)CC1. The Hall–Kier alpha value is -1.41. The second-order valence-corrected chi connectivity index (χ2v) is 7.01. The van der Waals surface area contributed by atoms with E-state index >= 15 is 0 Å². The zero-order valence-corrected chi connectivity index (χ0v) is 14.2. The molecule has 3 rings (SSSR count). The van der Waals surface area contributed by atoms with Gasteiger partial charge in [0.1, 0.15) is 5.54 Å². The molecule has 4 heteroatoms. The molecule has 0 spiro atoms. The van der Waals surface area contributed by atoms with Gasteiger partial charge in [-0.25, -0.2) is 0 Å². The first-order valence-electron chi connectivity index (χ1n) is 8.83. The molecule has 2 aliphatic heterocycles. The van der Waals surface area contributed by atoms with Crippen LogP contribution in [0.4, 0.5) is 0 Å². The van der Waals surface area contributed by atoms with E-state index in [1.807, 2.05) is 0 Å². The van der Waals surface area contributed by atoms with E-state index in [1.165, 1.54) is 5.56 Å². The van der Waals surface area contributed by atoms with E-state index in [0.717, 1.165) is 65.1 Å². The Kier molecular flexibility index (Phi) is 5.32. The molecule has 2 saturated heterocycles. The van der Waals surface area contributed by atoms with Crippen molar-refractivity contribution >= 4 is 0 Å². The maximum atomic E-state index is 9.77. The number of nitriles is 1. The zero-order chi connectivity index (χ0) is 16.1. The van der Waals surface area contributed by atoms with Gasteiger partial charge in [-0.05, 0) is 31.9 Å². The van der Waals surface area contributed by atoms with Crippen LogP contribution >= 0.6 is 0 Å². The van der Waals surface area contributed by atoms with Gasteiger partial charge in [0.05, 0.1) is 6.07 Å². The number of piperazine rings is 1. The van der Waals surface area contributed by atoms with Crippen LogP contribution in [0.25, 0.3) is 0 Å². The highest BCUT2D eigenvalue weighted by Crippen LogP contribution is 2.29. The summed E-state index contributed by atoms with van der Waals surface area (Å²) in [6.45, 7) is 7.46. The van der Waals surface area contributed by atoms with Gasteiger partial charge < -0.3 is 9.80 Å². The molecular formula is C19H28N4. The molecule has 1 aromatic rings. The van der Waals surface area contributed by atoms with Gasteiger partial charge in [-0.2, -0.15) is 5.26 Å². The number of rotatable bonds is 4. The van der Waals surface area contributed by atoms with Crippen LogP contribution in [-0.2, 0) is 6.42 Å². The summed E-state index contributed by atoms with van der Waals surface area (Å²) >= 11 is 0. The van der Waals surface area contributed by atoms with Crippen molar-refractivity contribution in [2.75, 3.05) is 52.9 Å². The fourth-order valence-corrected chi connectivity index (χ4v) is 3.82. The van der Waals surface area contributed by atoms with Crippen LogP contribution in [-0.4, -0.2) is 73.1 Å². The molecule has 0 bridgehead atoms. The van der Waals surface area contributed by atoms with Gasteiger partial charge in [0, 0.05) is 45.8 Å². The van der Waals surface area contributed by atoms with Gasteiger partial charge in [-0.15, -0.1) is 0 Å². The summed E-state index contributed by atoms with van der Waals surface area (Å²) in [7, 11) is 2.16. The van der Waals surface area contributed by atoms with Crippen LogP contribution in [0, 0.1) is 11.3 Å². The molecule has 1 aromatic carbocycles. The Bertz CT molecular complexity index is 520. The van der Waals surface area contributed by atoms with E-state index in [0.29, 0.717) is 0 Å². The zero-order valence-electron chi connectivity index (χ0n) is 14.2. The van der Waals surface area contributed by atoms with Gasteiger partial charge in [0.2, 0.25) is 0 Å². The number of hydrogen-bond acceptors (Lipinski definition) is 4. The molecule has 0 saturated carbocycles. The lowest BCUT2D eigenvalue weighted by Gasteiger charge is -2.47. The minimum absolute atomic E-state index is 0.210. The molecule has 0 N–H and O–H groups in total. The van der Waals surface area contributed by atoms with E-state index in [4.69, 9.17) is 0 Å². The maximum Gasteiger partial charge on any atom is 0.111 e. The van der Waals surface area contributed by atoms with Crippen molar-refractivity contribution < 1.29 is 0 Å². The minimum Gasteiger partial charge on any atom is -0.306 e. The minimum atomic E-state index is -0.210. The van der Waals surface area contributed by atoms with Gasteiger partial charge in [-0.3, -0.25) is 4.90 Å². The van der Waals surface area contributed by atoms with E-state index in [1.54, 1.807) is 0 Å². The molecule has 0 amide bonds. The third-order valence-corrected chi connectivity index (χ3v) is 5.56. The van der Waals surface area contributed by atoms with Crippen molar-refractivity contribution in [3.8, 4) is 6.07 Å². The van der Waals surface area contributed by atoms with Gasteiger partial charge in [0.25, 0.3) is 0 Å².